The fourth-order valence-corrected chi connectivity index (χ4v) is 5.85. The van der Waals surface area contributed by atoms with E-state index in [1.54, 1.807) is 0 Å². The molecule has 2 fully saturated rings. The Morgan fingerprint density at radius 2 is 1.93 bits per heavy atom. The van der Waals surface area contributed by atoms with Crippen LogP contribution in [0.1, 0.15) is 6.42 Å². The SMILES string of the molecule is CN=C(NCCN1CCS(=O)(=O)CC1)N1CCC(CSc2ccccc2)C1.I. The van der Waals surface area contributed by atoms with Gasteiger partial charge in [0.05, 0.1) is 11.5 Å². The number of rotatable bonds is 6. The van der Waals surface area contributed by atoms with Crippen LogP contribution in [-0.4, -0.2) is 87.8 Å². The second-order valence-corrected chi connectivity index (χ2v) is 10.6. The Balaban J connectivity index is 0.00000280. The number of likely N-dealkylation sites (tertiary alicyclic amines) is 1. The van der Waals surface area contributed by atoms with Crippen molar-refractivity contribution in [3.63, 3.8) is 0 Å². The molecule has 1 atom stereocenters. The van der Waals surface area contributed by atoms with E-state index in [-0.39, 0.29) is 35.5 Å². The minimum Gasteiger partial charge on any atom is -0.355 e. The largest absolute Gasteiger partial charge is 0.355 e. The van der Waals surface area contributed by atoms with Gasteiger partial charge in [-0.3, -0.25) is 9.89 Å². The minimum absolute atomic E-state index is 0. The maximum Gasteiger partial charge on any atom is 0.193 e. The number of aliphatic imine (C=N–C) groups is 1. The topological polar surface area (TPSA) is 65.0 Å². The van der Waals surface area contributed by atoms with Gasteiger partial charge in [0, 0.05) is 57.0 Å². The fourth-order valence-electron chi connectivity index (χ4n) is 3.52. The van der Waals surface area contributed by atoms with E-state index in [1.807, 2.05) is 18.8 Å². The smallest absolute Gasteiger partial charge is 0.193 e. The summed E-state index contributed by atoms with van der Waals surface area (Å²) >= 11 is 1.93. The van der Waals surface area contributed by atoms with Gasteiger partial charge in [-0.05, 0) is 24.5 Å². The summed E-state index contributed by atoms with van der Waals surface area (Å²) in [7, 11) is -0.967. The molecule has 2 aliphatic heterocycles. The molecular formula is C19H31IN4O2S2. The lowest BCUT2D eigenvalue weighted by Gasteiger charge is -2.28. The maximum absolute atomic E-state index is 11.5. The van der Waals surface area contributed by atoms with Crippen molar-refractivity contribution in [3.05, 3.63) is 30.3 Å². The molecular weight excluding hydrogens is 507 g/mol. The Morgan fingerprint density at radius 3 is 2.61 bits per heavy atom. The van der Waals surface area contributed by atoms with E-state index in [2.05, 4.69) is 50.4 Å². The third kappa shape index (κ3) is 7.38. The van der Waals surface area contributed by atoms with E-state index in [0.29, 0.717) is 19.0 Å². The fraction of sp³-hybridized carbons (Fsp3) is 0.632. The number of benzene rings is 1. The highest BCUT2D eigenvalue weighted by Crippen LogP contribution is 2.25. The summed E-state index contributed by atoms with van der Waals surface area (Å²) in [5.74, 6) is 3.36. The Labute approximate surface area is 190 Å². The molecule has 2 heterocycles. The van der Waals surface area contributed by atoms with Crippen molar-refractivity contribution in [2.75, 3.05) is 63.6 Å². The van der Waals surface area contributed by atoms with Crippen LogP contribution in [0.2, 0.25) is 0 Å². The normalized spacial score (nSPS) is 22.7. The summed E-state index contributed by atoms with van der Waals surface area (Å²) in [5, 5.41) is 3.45. The molecule has 1 aromatic rings. The molecule has 2 aliphatic rings. The van der Waals surface area contributed by atoms with Crippen LogP contribution < -0.4 is 5.32 Å². The summed E-state index contributed by atoms with van der Waals surface area (Å²) in [4.78, 5) is 10.3. The zero-order chi connectivity index (χ0) is 19.1. The van der Waals surface area contributed by atoms with Crippen LogP contribution in [0.15, 0.2) is 40.2 Å². The molecule has 1 unspecified atom stereocenters. The summed E-state index contributed by atoms with van der Waals surface area (Å²) in [6.45, 7) is 5.03. The number of nitrogens with zero attached hydrogens (tertiary/aromatic N) is 3. The van der Waals surface area contributed by atoms with Crippen molar-refractivity contribution in [2.45, 2.75) is 11.3 Å². The monoisotopic (exact) mass is 538 g/mol. The summed E-state index contributed by atoms with van der Waals surface area (Å²) in [6, 6.07) is 10.6. The summed E-state index contributed by atoms with van der Waals surface area (Å²) in [5.41, 5.74) is 0. The van der Waals surface area contributed by atoms with E-state index in [1.165, 1.54) is 11.3 Å². The average Bonchev–Trinajstić information content (AvgIpc) is 3.14. The van der Waals surface area contributed by atoms with Crippen molar-refractivity contribution < 1.29 is 8.42 Å². The molecule has 0 radical (unpaired) electrons. The van der Waals surface area contributed by atoms with Gasteiger partial charge in [0.15, 0.2) is 15.8 Å². The molecule has 0 aromatic heterocycles. The quantitative estimate of drug-likeness (QED) is 0.259. The van der Waals surface area contributed by atoms with Crippen molar-refractivity contribution in [3.8, 4) is 0 Å². The van der Waals surface area contributed by atoms with E-state index in [0.717, 1.165) is 37.9 Å². The zero-order valence-corrected chi connectivity index (χ0v) is 20.4. The first-order valence-electron chi connectivity index (χ1n) is 9.62. The predicted octanol–water partition coefficient (Wildman–Crippen LogP) is 2.02. The first kappa shape index (κ1) is 23.8. The van der Waals surface area contributed by atoms with Gasteiger partial charge in [-0.25, -0.2) is 8.42 Å². The number of hydrogen-bond donors (Lipinski definition) is 1. The molecule has 9 heteroatoms. The van der Waals surface area contributed by atoms with Crippen LogP contribution in [0, 0.1) is 5.92 Å². The van der Waals surface area contributed by atoms with Crippen LogP contribution in [0.5, 0.6) is 0 Å². The van der Waals surface area contributed by atoms with Crippen LogP contribution in [0.25, 0.3) is 0 Å². The first-order chi connectivity index (χ1) is 13.1. The van der Waals surface area contributed by atoms with E-state index in [4.69, 9.17) is 0 Å². The molecule has 1 aromatic carbocycles. The van der Waals surface area contributed by atoms with E-state index >= 15 is 0 Å². The number of hydrogen-bond acceptors (Lipinski definition) is 5. The molecule has 6 nitrogen and oxygen atoms in total. The molecule has 0 aliphatic carbocycles. The third-order valence-electron chi connectivity index (χ3n) is 5.17. The van der Waals surface area contributed by atoms with Gasteiger partial charge in [-0.1, -0.05) is 18.2 Å². The third-order valence-corrected chi connectivity index (χ3v) is 8.03. The number of halogens is 1. The molecule has 0 bridgehead atoms. The van der Waals surface area contributed by atoms with Gasteiger partial charge in [-0.15, -0.1) is 35.7 Å². The van der Waals surface area contributed by atoms with Crippen LogP contribution >= 0.6 is 35.7 Å². The van der Waals surface area contributed by atoms with Crippen LogP contribution in [0.4, 0.5) is 0 Å². The van der Waals surface area contributed by atoms with Crippen molar-refractivity contribution in [1.82, 2.24) is 15.1 Å². The average molecular weight is 539 g/mol. The van der Waals surface area contributed by atoms with Gasteiger partial charge in [-0.2, -0.15) is 0 Å². The predicted molar refractivity (Wildman–Crippen MR) is 129 cm³/mol. The molecule has 3 rings (SSSR count). The zero-order valence-electron chi connectivity index (χ0n) is 16.4. The molecule has 158 valence electrons. The van der Waals surface area contributed by atoms with Gasteiger partial charge < -0.3 is 10.2 Å². The molecule has 0 amide bonds. The van der Waals surface area contributed by atoms with Gasteiger partial charge >= 0.3 is 0 Å². The molecule has 1 N–H and O–H groups in total. The second kappa shape index (κ2) is 11.6. The highest BCUT2D eigenvalue weighted by molar-refractivity contribution is 14.0. The highest BCUT2D eigenvalue weighted by atomic mass is 127. The molecule has 0 saturated carbocycles. The molecule has 2 saturated heterocycles. The molecule has 0 spiro atoms. The molecule has 28 heavy (non-hydrogen) atoms. The maximum atomic E-state index is 11.5. The van der Waals surface area contributed by atoms with Gasteiger partial charge in [0.25, 0.3) is 0 Å². The number of nitrogens with one attached hydrogen (secondary N) is 1. The first-order valence-corrected chi connectivity index (χ1v) is 12.4. The van der Waals surface area contributed by atoms with Crippen LogP contribution in [-0.2, 0) is 9.84 Å². The Kier molecular flexibility index (Phi) is 9.85. The van der Waals surface area contributed by atoms with Crippen molar-refractivity contribution in [1.29, 1.82) is 0 Å². The Hall–Kier alpha value is -0.520. The standard InChI is InChI=1S/C19H30N4O2S2.HI/c1-20-19(21-8-10-22-11-13-27(24,25)14-12-22)23-9-7-17(15-23)16-26-18-5-3-2-4-6-18;/h2-6,17H,7-16H2,1H3,(H,20,21);1H. The second-order valence-electron chi connectivity index (χ2n) is 7.19. The van der Waals surface area contributed by atoms with Crippen molar-refractivity contribution >= 4 is 51.5 Å². The van der Waals surface area contributed by atoms with Gasteiger partial charge in [0.1, 0.15) is 0 Å². The van der Waals surface area contributed by atoms with Crippen LogP contribution in [0.3, 0.4) is 0 Å². The van der Waals surface area contributed by atoms with Crippen molar-refractivity contribution in [2.24, 2.45) is 10.9 Å². The summed E-state index contributed by atoms with van der Waals surface area (Å²) < 4.78 is 23.0. The van der Waals surface area contributed by atoms with E-state index in [9.17, 15) is 8.42 Å². The van der Waals surface area contributed by atoms with E-state index < -0.39 is 9.84 Å². The lowest BCUT2D eigenvalue weighted by Crippen LogP contribution is -2.46. The number of thioether (sulfide) groups is 1. The number of sulfone groups is 1. The Morgan fingerprint density at radius 1 is 1.21 bits per heavy atom. The number of guanidine groups is 1. The summed E-state index contributed by atoms with van der Waals surface area (Å²) in [6.07, 6.45) is 1.20. The Bertz CT molecular complexity index is 717. The van der Waals surface area contributed by atoms with Gasteiger partial charge in [0.2, 0.25) is 0 Å². The lowest BCUT2D eigenvalue weighted by atomic mass is 10.2. The minimum atomic E-state index is -2.80. The lowest BCUT2D eigenvalue weighted by molar-refractivity contribution is 0.298. The highest BCUT2D eigenvalue weighted by Gasteiger charge is 2.25.